The minimum atomic E-state index is -4.61. The number of rotatable bonds is 6. The van der Waals surface area contributed by atoms with Gasteiger partial charge in [-0.1, -0.05) is 53.7 Å². The van der Waals surface area contributed by atoms with Crippen molar-refractivity contribution in [3.63, 3.8) is 0 Å². The van der Waals surface area contributed by atoms with E-state index in [9.17, 15) is 18.0 Å². The lowest BCUT2D eigenvalue weighted by Crippen LogP contribution is -2.36. The number of para-hydroxylation sites is 1. The van der Waals surface area contributed by atoms with Crippen LogP contribution in [0.1, 0.15) is 78.9 Å². The number of H-pyrrole nitrogens is 1. The van der Waals surface area contributed by atoms with E-state index in [1.165, 1.54) is 18.2 Å². The summed E-state index contributed by atoms with van der Waals surface area (Å²) < 4.78 is 40.0. The molecule has 0 fully saturated rings. The first kappa shape index (κ1) is 27.3. The van der Waals surface area contributed by atoms with Gasteiger partial charge in [-0.05, 0) is 37.8 Å². The summed E-state index contributed by atoms with van der Waals surface area (Å²) in [6.07, 6.45) is -2.72. The van der Waals surface area contributed by atoms with E-state index in [1.807, 2.05) is 20.8 Å². The van der Waals surface area contributed by atoms with E-state index in [-0.39, 0.29) is 33.5 Å². The second kappa shape index (κ2) is 9.35. The molecule has 34 heavy (non-hydrogen) atoms. The van der Waals surface area contributed by atoms with Crippen molar-refractivity contribution in [2.45, 2.75) is 78.9 Å². The lowest BCUT2D eigenvalue weighted by Gasteiger charge is -2.34. The molecule has 2 aromatic rings. The van der Waals surface area contributed by atoms with Gasteiger partial charge in [0.1, 0.15) is 11.6 Å². The van der Waals surface area contributed by atoms with Crippen molar-refractivity contribution in [3.05, 3.63) is 47.5 Å². The van der Waals surface area contributed by atoms with Gasteiger partial charge in [0.15, 0.2) is 0 Å². The Kier molecular flexibility index (Phi) is 7.50. The molecule has 1 aromatic heterocycles. The molecule has 1 heterocycles. The normalized spacial score (nSPS) is 13.7. The van der Waals surface area contributed by atoms with Crippen LogP contribution in [0.25, 0.3) is 5.57 Å². The molecule has 0 bridgehead atoms. The van der Waals surface area contributed by atoms with Crippen LogP contribution in [0.2, 0.25) is 0 Å². The Morgan fingerprint density at radius 3 is 2.15 bits per heavy atom. The van der Waals surface area contributed by atoms with Gasteiger partial charge in [-0.15, -0.1) is 0 Å². The van der Waals surface area contributed by atoms with Crippen molar-refractivity contribution < 1.29 is 18.0 Å². The molecule has 0 aliphatic heterocycles. The van der Waals surface area contributed by atoms with Crippen molar-refractivity contribution in [2.24, 2.45) is 11.1 Å². The molecule has 1 amide bonds. The molecular weight excluding hydrogens is 443 g/mol. The van der Waals surface area contributed by atoms with Crippen molar-refractivity contribution in [1.82, 2.24) is 9.97 Å². The molecule has 5 N–H and O–H groups in total. The fourth-order valence-electron chi connectivity index (χ4n) is 4.12. The molecule has 0 unspecified atom stereocenters. The number of imidazole rings is 1. The molecule has 0 aliphatic carbocycles. The van der Waals surface area contributed by atoms with E-state index in [1.54, 1.807) is 0 Å². The molecule has 0 saturated heterocycles. The highest BCUT2D eigenvalue weighted by atomic mass is 19.4. The number of halogens is 3. The van der Waals surface area contributed by atoms with Crippen LogP contribution >= 0.6 is 0 Å². The maximum Gasteiger partial charge on any atom is 0.418 e. The van der Waals surface area contributed by atoms with Gasteiger partial charge in [0.05, 0.1) is 22.5 Å². The Morgan fingerprint density at radius 2 is 1.65 bits per heavy atom. The van der Waals surface area contributed by atoms with Crippen molar-refractivity contribution in [1.29, 1.82) is 0 Å². The maximum absolute atomic E-state index is 13.3. The molecule has 1 aromatic carbocycles. The van der Waals surface area contributed by atoms with E-state index in [0.29, 0.717) is 5.82 Å². The Labute approximate surface area is 199 Å². The van der Waals surface area contributed by atoms with Crippen LogP contribution in [-0.2, 0) is 16.4 Å². The van der Waals surface area contributed by atoms with Gasteiger partial charge in [0.2, 0.25) is 0 Å². The third-order valence-corrected chi connectivity index (χ3v) is 5.03. The summed E-state index contributed by atoms with van der Waals surface area (Å²) in [5.41, 5.74) is 4.52. The second-order valence-corrected chi connectivity index (χ2v) is 11.4. The highest BCUT2D eigenvalue weighted by Gasteiger charge is 2.34. The van der Waals surface area contributed by atoms with Crippen LogP contribution in [0, 0.1) is 5.41 Å². The van der Waals surface area contributed by atoms with Gasteiger partial charge >= 0.3 is 6.18 Å². The Balaban J connectivity index is 2.43. The summed E-state index contributed by atoms with van der Waals surface area (Å²) in [5.74, 6) is -0.0584. The van der Waals surface area contributed by atoms with Gasteiger partial charge in [0.25, 0.3) is 5.91 Å². The third kappa shape index (κ3) is 7.01. The lowest BCUT2D eigenvalue weighted by atomic mass is 9.81. The zero-order valence-electron chi connectivity index (χ0n) is 21.2. The molecule has 0 radical (unpaired) electrons. The first-order valence-electron chi connectivity index (χ1n) is 11.1. The molecule has 2 rings (SSSR count). The largest absolute Gasteiger partial charge is 0.418 e. The molecule has 0 spiro atoms. The summed E-state index contributed by atoms with van der Waals surface area (Å²) in [7, 11) is 0. The predicted octanol–water partition coefficient (Wildman–Crippen LogP) is 6.29. The second-order valence-electron chi connectivity index (χ2n) is 11.4. The van der Waals surface area contributed by atoms with Gasteiger partial charge in [0, 0.05) is 17.2 Å². The smallest absolute Gasteiger partial charge is 0.404 e. The number of aromatic nitrogens is 2. The van der Waals surface area contributed by atoms with Gasteiger partial charge in [-0.25, -0.2) is 4.98 Å². The van der Waals surface area contributed by atoms with Crippen LogP contribution in [-0.4, -0.2) is 21.4 Å². The number of nitrogens with zero attached hydrogens (tertiary/aromatic N) is 1. The maximum atomic E-state index is 13.3. The van der Waals surface area contributed by atoms with E-state index in [4.69, 9.17) is 5.73 Å². The van der Waals surface area contributed by atoms with Crippen molar-refractivity contribution in [3.8, 4) is 0 Å². The van der Waals surface area contributed by atoms with Crippen LogP contribution in [0.15, 0.2) is 30.5 Å². The van der Waals surface area contributed by atoms with E-state index in [2.05, 4.69) is 55.2 Å². The van der Waals surface area contributed by atoms with Crippen LogP contribution in [0.5, 0.6) is 0 Å². The number of carbonyl (C=O) groups is 1. The van der Waals surface area contributed by atoms with Crippen molar-refractivity contribution in [2.75, 3.05) is 10.6 Å². The standard InChI is InChI=1S/C25H36F3N5O/c1-22(2,3)14-24(7,8)33-20-18(23(4,5)6)31-19(32-20)15(13-29)21(34)30-17-12-10-9-11-16(17)25(26,27)28/h9-13,33H,14,29H2,1-8H3,(H,30,34)(H,31,32)/b15-13+. The Hall–Kier alpha value is -2.97. The molecule has 188 valence electrons. The minimum Gasteiger partial charge on any atom is -0.404 e. The fourth-order valence-corrected chi connectivity index (χ4v) is 4.12. The number of benzene rings is 1. The number of hydrogen-bond donors (Lipinski definition) is 4. The quantitative estimate of drug-likeness (QED) is 0.366. The average molecular weight is 480 g/mol. The number of amides is 1. The summed E-state index contributed by atoms with van der Waals surface area (Å²) >= 11 is 0. The molecule has 9 heteroatoms. The van der Waals surface area contributed by atoms with Crippen molar-refractivity contribution >= 4 is 23.0 Å². The number of alkyl halides is 3. The first-order chi connectivity index (χ1) is 15.3. The molecule has 0 atom stereocenters. The number of carbonyl (C=O) groups excluding carboxylic acids is 1. The number of aromatic amines is 1. The molecular formula is C25H36F3N5O. The Morgan fingerprint density at radius 1 is 1.06 bits per heavy atom. The first-order valence-corrected chi connectivity index (χ1v) is 11.1. The third-order valence-electron chi connectivity index (χ3n) is 5.03. The fraction of sp³-hybridized carbons (Fsp3) is 0.520. The minimum absolute atomic E-state index is 0.0611. The van der Waals surface area contributed by atoms with Crippen LogP contribution < -0.4 is 16.4 Å². The summed E-state index contributed by atoms with van der Waals surface area (Å²) in [5, 5.41) is 5.80. The SMILES string of the molecule is CC(C)(C)CC(C)(C)Nc1nc(/C(=C\N)C(=O)Nc2ccccc2C(F)(F)F)[nH]c1C(C)(C)C. The number of anilines is 2. The van der Waals surface area contributed by atoms with E-state index >= 15 is 0 Å². The average Bonchev–Trinajstić information content (AvgIpc) is 3.02. The topological polar surface area (TPSA) is 95.8 Å². The summed E-state index contributed by atoms with van der Waals surface area (Å²) in [4.78, 5) is 20.7. The number of hydrogen-bond acceptors (Lipinski definition) is 4. The zero-order valence-corrected chi connectivity index (χ0v) is 21.2. The van der Waals surface area contributed by atoms with Gasteiger partial charge < -0.3 is 21.4 Å². The number of nitrogens with one attached hydrogen (secondary N) is 3. The summed E-state index contributed by atoms with van der Waals surface area (Å²) in [6.45, 7) is 16.6. The van der Waals surface area contributed by atoms with Crippen LogP contribution in [0.3, 0.4) is 0 Å². The summed E-state index contributed by atoms with van der Waals surface area (Å²) in [6, 6.07) is 4.78. The highest BCUT2D eigenvalue weighted by molar-refractivity contribution is 6.24. The highest BCUT2D eigenvalue weighted by Crippen LogP contribution is 2.36. The van der Waals surface area contributed by atoms with Gasteiger partial charge in [-0.2, -0.15) is 13.2 Å². The monoisotopic (exact) mass is 479 g/mol. The van der Waals surface area contributed by atoms with Crippen LogP contribution in [0.4, 0.5) is 24.7 Å². The zero-order chi connectivity index (χ0) is 26.1. The predicted molar refractivity (Wildman–Crippen MR) is 131 cm³/mol. The molecule has 6 nitrogen and oxygen atoms in total. The van der Waals surface area contributed by atoms with Gasteiger partial charge in [-0.3, -0.25) is 4.79 Å². The molecule has 0 saturated carbocycles. The van der Waals surface area contributed by atoms with E-state index in [0.717, 1.165) is 24.4 Å². The van der Waals surface area contributed by atoms with E-state index < -0.39 is 17.6 Å². The Bertz CT molecular complexity index is 1050. The molecule has 0 aliphatic rings. The number of nitrogens with two attached hydrogens (primary N) is 1. The lowest BCUT2D eigenvalue weighted by molar-refractivity contribution is -0.136.